The van der Waals surface area contributed by atoms with E-state index in [1.54, 1.807) is 54.6 Å². The molecule has 0 aliphatic carbocycles. The summed E-state index contributed by atoms with van der Waals surface area (Å²) in [6, 6.07) is 17.6. The molecule has 0 atom stereocenters. The minimum Gasteiger partial charge on any atom is -0.507 e. The number of phenols is 2. The van der Waals surface area contributed by atoms with Gasteiger partial charge in [0.25, 0.3) is 0 Å². The van der Waals surface area contributed by atoms with E-state index in [0.29, 0.717) is 16.7 Å². The third-order valence-corrected chi connectivity index (χ3v) is 5.55. The summed E-state index contributed by atoms with van der Waals surface area (Å²) < 4.78 is 24.9. The minimum atomic E-state index is -1.99. The van der Waals surface area contributed by atoms with Crippen LogP contribution < -0.4 is 0 Å². The van der Waals surface area contributed by atoms with Gasteiger partial charge in [-0.1, -0.05) is 41.2 Å². The van der Waals surface area contributed by atoms with Crippen molar-refractivity contribution in [2.45, 2.75) is 0 Å². The molecule has 4 aromatic rings. The monoisotopic (exact) mass is 491 g/mol. The zero-order valence-corrected chi connectivity index (χ0v) is 19.4. The maximum Gasteiger partial charge on any atom is 0.337 e. The first-order chi connectivity index (χ1) is 16.9. The quantitative estimate of drug-likeness (QED) is 0.296. The van der Waals surface area contributed by atoms with Crippen LogP contribution in [0.25, 0.3) is 34.2 Å². The normalized spacial score (nSPS) is 11.8. The third kappa shape index (κ3) is 5.10. The molecule has 0 saturated heterocycles. The molecular weight excluding hydrogens is 472 g/mol. The Morgan fingerprint density at radius 2 is 1.46 bits per heavy atom. The van der Waals surface area contributed by atoms with Crippen molar-refractivity contribution in [1.82, 2.24) is 15.0 Å². The van der Waals surface area contributed by atoms with E-state index in [-0.39, 0.29) is 40.2 Å². The van der Waals surface area contributed by atoms with Crippen molar-refractivity contribution in [3.63, 3.8) is 0 Å². The predicted molar refractivity (Wildman–Crippen MR) is 128 cm³/mol. The Balaban J connectivity index is 1.91. The molecule has 0 fully saturated rings. The van der Waals surface area contributed by atoms with Crippen molar-refractivity contribution < 1.29 is 28.1 Å². The molecule has 0 radical (unpaired) electrons. The van der Waals surface area contributed by atoms with Crippen molar-refractivity contribution >= 4 is 22.5 Å². The number of esters is 1. The van der Waals surface area contributed by atoms with E-state index in [1.165, 1.54) is 26.4 Å². The molecule has 1 aromatic heterocycles. The number of para-hydroxylation sites is 2. The van der Waals surface area contributed by atoms with Gasteiger partial charge in [0.1, 0.15) is 11.5 Å². The molecule has 0 amide bonds. The summed E-state index contributed by atoms with van der Waals surface area (Å²) in [6.45, 7) is 0. The highest BCUT2D eigenvalue weighted by Crippen LogP contribution is 2.37. The first-order valence-electron chi connectivity index (χ1n) is 10.1. The van der Waals surface area contributed by atoms with Crippen LogP contribution >= 0.6 is 0 Å². The molecular formula is C24H19N4O6S-. The number of methoxy groups -OCH3 is 1. The van der Waals surface area contributed by atoms with E-state index in [1.807, 2.05) is 0 Å². The van der Waals surface area contributed by atoms with E-state index in [4.69, 9.17) is 4.74 Å². The van der Waals surface area contributed by atoms with Gasteiger partial charge in [-0.15, -0.1) is 0 Å². The fourth-order valence-electron chi connectivity index (χ4n) is 3.18. The Morgan fingerprint density at radius 3 is 2.11 bits per heavy atom. The Labute approximate surface area is 202 Å². The zero-order chi connectivity index (χ0) is 24.9. The fraction of sp³-hybridized carbons (Fsp3) is 0.0833. The average Bonchev–Trinajstić information content (AvgIpc) is 2.89. The summed E-state index contributed by atoms with van der Waals surface area (Å²) in [5.41, 5.74) is 1.48. The third-order valence-electron chi connectivity index (χ3n) is 4.92. The second-order valence-electron chi connectivity index (χ2n) is 7.04. The van der Waals surface area contributed by atoms with Crippen LogP contribution in [0.4, 0.5) is 5.69 Å². The van der Waals surface area contributed by atoms with Crippen molar-refractivity contribution in [2.24, 2.45) is 4.36 Å². The van der Waals surface area contributed by atoms with E-state index < -0.39 is 16.8 Å². The molecule has 0 unspecified atom stereocenters. The summed E-state index contributed by atoms with van der Waals surface area (Å²) in [6.07, 6.45) is 0. The van der Waals surface area contributed by atoms with Gasteiger partial charge in [0.15, 0.2) is 17.5 Å². The van der Waals surface area contributed by atoms with Crippen LogP contribution in [-0.4, -0.2) is 45.4 Å². The number of phenolic OH excluding ortho intramolecular Hbond substituents is 2. The molecule has 1 heterocycles. The highest BCUT2D eigenvalue weighted by molar-refractivity contribution is 7.69. The van der Waals surface area contributed by atoms with Gasteiger partial charge in [0, 0.05) is 12.7 Å². The first-order valence-corrected chi connectivity index (χ1v) is 11.2. The summed E-state index contributed by atoms with van der Waals surface area (Å²) in [5, 5.41) is 21.2. The molecule has 0 aliphatic rings. The van der Waals surface area contributed by atoms with Gasteiger partial charge in [-0.25, -0.2) is 19.7 Å². The Bertz CT molecular complexity index is 1480. The molecule has 3 aromatic carbocycles. The number of carbonyl (C=O) groups excluding carboxylic acids is 1. The lowest BCUT2D eigenvalue weighted by Gasteiger charge is -2.12. The van der Waals surface area contributed by atoms with Crippen LogP contribution in [0.15, 0.2) is 71.1 Å². The van der Waals surface area contributed by atoms with Gasteiger partial charge in [-0.05, 0) is 36.4 Å². The smallest absolute Gasteiger partial charge is 0.337 e. The SMILES string of the molecule is COC(=O)c1ccc(-c2nc(-c3ccccc3O)nc(-c3cccc(N=[S-](=O)OC)c3O)n2)cc1. The van der Waals surface area contributed by atoms with Crippen molar-refractivity contribution in [1.29, 1.82) is 0 Å². The molecule has 0 spiro atoms. The standard InChI is InChI=1S/C24H19N4O6S/c1-33-24(31)15-12-10-14(11-13-15)21-25-22(16-6-3-4-9-19(16)29)27-23(26-21)17-7-5-8-18(20(17)30)28-35(32)34-2/h3-13,29-30H,1-2H3/q-1. The van der Waals surface area contributed by atoms with Crippen LogP contribution in [0.3, 0.4) is 0 Å². The second-order valence-corrected chi connectivity index (χ2v) is 7.99. The number of aromatic nitrogens is 3. The van der Waals surface area contributed by atoms with Gasteiger partial charge in [0.2, 0.25) is 0 Å². The minimum absolute atomic E-state index is 0.0242. The van der Waals surface area contributed by atoms with E-state index in [9.17, 15) is 19.2 Å². The highest BCUT2D eigenvalue weighted by Gasteiger charge is 2.17. The van der Waals surface area contributed by atoms with Crippen molar-refractivity contribution in [3.05, 3.63) is 72.3 Å². The van der Waals surface area contributed by atoms with Crippen LogP contribution in [0.5, 0.6) is 11.5 Å². The zero-order valence-electron chi connectivity index (χ0n) is 18.6. The van der Waals surface area contributed by atoms with Gasteiger partial charge < -0.3 is 27.7 Å². The largest absolute Gasteiger partial charge is 0.507 e. The average molecular weight is 492 g/mol. The van der Waals surface area contributed by atoms with Gasteiger partial charge in [0.05, 0.1) is 29.5 Å². The predicted octanol–water partition coefficient (Wildman–Crippen LogP) is 4.41. The number of hydrogen-bond acceptors (Lipinski definition) is 11. The molecule has 0 aliphatic heterocycles. The van der Waals surface area contributed by atoms with Gasteiger partial charge in [-0.3, -0.25) is 0 Å². The second kappa shape index (κ2) is 10.3. The van der Waals surface area contributed by atoms with Crippen molar-refractivity contribution in [3.8, 4) is 45.7 Å². The summed E-state index contributed by atoms with van der Waals surface area (Å²) in [5.74, 6) is -0.363. The lowest BCUT2D eigenvalue weighted by Crippen LogP contribution is -2.02. The number of hydrogen-bond donors (Lipinski definition) is 2. The highest BCUT2D eigenvalue weighted by atomic mass is 32.2. The molecule has 11 heteroatoms. The topological polar surface area (TPSA) is 144 Å². The molecule has 0 bridgehead atoms. The maximum absolute atomic E-state index is 11.8. The number of carbonyl (C=O) groups is 1. The molecule has 0 saturated carbocycles. The Hall–Kier alpha value is -4.35. The Kier molecular flexibility index (Phi) is 6.99. The number of aromatic hydroxyl groups is 2. The van der Waals surface area contributed by atoms with Gasteiger partial charge >= 0.3 is 5.97 Å². The van der Waals surface area contributed by atoms with Crippen LogP contribution in [0, 0.1) is 0 Å². The van der Waals surface area contributed by atoms with E-state index in [2.05, 4.69) is 23.5 Å². The maximum atomic E-state index is 11.8. The van der Waals surface area contributed by atoms with E-state index in [0.717, 1.165) is 0 Å². The molecule has 178 valence electrons. The van der Waals surface area contributed by atoms with Crippen molar-refractivity contribution in [2.75, 3.05) is 14.2 Å². The Morgan fingerprint density at radius 1 is 0.829 bits per heavy atom. The molecule has 4 rings (SSSR count). The van der Waals surface area contributed by atoms with Crippen LogP contribution in [0.2, 0.25) is 0 Å². The molecule has 10 nitrogen and oxygen atoms in total. The fourth-order valence-corrected chi connectivity index (χ4v) is 3.57. The number of nitrogens with zero attached hydrogens (tertiary/aromatic N) is 4. The van der Waals surface area contributed by atoms with Crippen LogP contribution in [0.1, 0.15) is 10.4 Å². The molecule has 35 heavy (non-hydrogen) atoms. The molecule has 2 N–H and O–H groups in total. The number of benzene rings is 3. The van der Waals surface area contributed by atoms with Crippen LogP contribution in [-0.2, 0) is 24.0 Å². The number of ether oxygens (including phenoxy) is 1. The number of rotatable bonds is 6. The lowest BCUT2D eigenvalue weighted by molar-refractivity contribution is 0.0600. The summed E-state index contributed by atoms with van der Waals surface area (Å²) in [4.78, 5) is 25.2. The lowest BCUT2D eigenvalue weighted by atomic mass is 10.1. The van der Waals surface area contributed by atoms with Gasteiger partial charge in [-0.2, -0.15) is 0 Å². The van der Waals surface area contributed by atoms with E-state index >= 15 is 0 Å². The summed E-state index contributed by atoms with van der Waals surface area (Å²) >= 11 is 0. The first kappa shape index (κ1) is 23.8. The summed E-state index contributed by atoms with van der Waals surface area (Å²) in [7, 11) is 0.529.